The second kappa shape index (κ2) is 5.57. The van der Waals surface area contributed by atoms with E-state index in [1.54, 1.807) is 34.6 Å². The van der Waals surface area contributed by atoms with Crippen LogP contribution < -0.4 is 5.69 Å². The van der Waals surface area contributed by atoms with Crippen LogP contribution in [-0.2, 0) is 14.1 Å². The number of rotatable bonds is 2. The molecule has 3 rings (SSSR count). The molecule has 2 heterocycles. The van der Waals surface area contributed by atoms with Crippen LogP contribution in [0.2, 0.25) is 0 Å². The monoisotopic (exact) mass is 448 g/mol. The topological polar surface area (TPSA) is 26.9 Å². The Bertz CT molecular complexity index is 896. The van der Waals surface area contributed by atoms with Gasteiger partial charge >= 0.3 is 5.69 Å². The molecule has 0 saturated heterocycles. The third-order valence-electron chi connectivity index (χ3n) is 3.54. The largest absolute Gasteiger partial charge is 0.328 e. The van der Waals surface area contributed by atoms with Crippen molar-refractivity contribution in [2.75, 3.05) is 0 Å². The van der Waals surface area contributed by atoms with E-state index in [-0.39, 0.29) is 11.1 Å². The SMILES string of the molecule is Cn1c(=O)n(C)c2cc(C(Cl)c3csc(Br)c3)c(Br)cc21. The Kier molecular flexibility index (Phi) is 4.07. The van der Waals surface area contributed by atoms with E-state index in [0.717, 1.165) is 30.4 Å². The lowest BCUT2D eigenvalue weighted by atomic mass is 10.1. The number of alkyl halides is 1. The number of nitrogens with zero attached hydrogens (tertiary/aromatic N) is 2. The zero-order valence-corrected chi connectivity index (χ0v) is 16.0. The Morgan fingerprint density at radius 2 is 1.76 bits per heavy atom. The second-order valence-electron chi connectivity index (χ2n) is 4.81. The summed E-state index contributed by atoms with van der Waals surface area (Å²) in [6.07, 6.45) is 0. The van der Waals surface area contributed by atoms with Gasteiger partial charge in [-0.2, -0.15) is 0 Å². The standard InChI is InChI=1S/C14H11Br2ClN2OS/c1-18-10-4-8(13(17)7-3-12(16)21-6-7)9(15)5-11(10)19(2)14(18)20/h3-6,13H,1-2H3. The molecule has 0 bridgehead atoms. The van der Waals surface area contributed by atoms with Gasteiger partial charge in [0.05, 0.1) is 20.2 Å². The minimum atomic E-state index is -0.262. The van der Waals surface area contributed by atoms with Gasteiger partial charge in [0, 0.05) is 18.6 Å². The lowest BCUT2D eigenvalue weighted by Gasteiger charge is -2.11. The van der Waals surface area contributed by atoms with Crippen LogP contribution in [0.3, 0.4) is 0 Å². The van der Waals surface area contributed by atoms with Gasteiger partial charge in [-0.3, -0.25) is 9.13 Å². The highest BCUT2D eigenvalue weighted by Gasteiger charge is 2.19. The summed E-state index contributed by atoms with van der Waals surface area (Å²) in [5.41, 5.74) is 3.71. The first kappa shape index (κ1) is 15.3. The average molecular weight is 451 g/mol. The quantitative estimate of drug-likeness (QED) is 0.516. The summed E-state index contributed by atoms with van der Waals surface area (Å²) >= 11 is 15.2. The lowest BCUT2D eigenvalue weighted by Crippen LogP contribution is -2.19. The van der Waals surface area contributed by atoms with E-state index in [1.165, 1.54) is 0 Å². The Balaban J connectivity index is 2.21. The number of aryl methyl sites for hydroxylation is 2. The maximum absolute atomic E-state index is 12.0. The van der Waals surface area contributed by atoms with Gasteiger partial charge in [0.15, 0.2) is 0 Å². The van der Waals surface area contributed by atoms with Crippen LogP contribution in [0.4, 0.5) is 0 Å². The van der Waals surface area contributed by atoms with E-state index in [4.69, 9.17) is 11.6 Å². The van der Waals surface area contributed by atoms with Crippen molar-refractivity contribution in [1.82, 2.24) is 9.13 Å². The first-order valence-electron chi connectivity index (χ1n) is 6.13. The van der Waals surface area contributed by atoms with E-state index in [1.807, 2.05) is 23.6 Å². The minimum absolute atomic E-state index is 0.0431. The van der Waals surface area contributed by atoms with Crippen LogP contribution in [0, 0.1) is 0 Å². The van der Waals surface area contributed by atoms with E-state index in [2.05, 4.69) is 31.9 Å². The predicted octanol–water partition coefficient (Wildman–Crippen LogP) is 4.79. The summed E-state index contributed by atoms with van der Waals surface area (Å²) in [6, 6.07) is 5.94. The molecular weight excluding hydrogens is 439 g/mol. The molecule has 0 aliphatic carbocycles. The number of aromatic nitrogens is 2. The van der Waals surface area contributed by atoms with Crippen LogP contribution in [-0.4, -0.2) is 9.13 Å². The molecule has 3 aromatic rings. The van der Waals surface area contributed by atoms with Crippen LogP contribution in [0.5, 0.6) is 0 Å². The van der Waals surface area contributed by atoms with Crippen molar-refractivity contribution in [3.8, 4) is 0 Å². The molecule has 7 heteroatoms. The van der Waals surface area contributed by atoms with Crippen molar-refractivity contribution in [1.29, 1.82) is 0 Å². The van der Waals surface area contributed by atoms with E-state index in [9.17, 15) is 4.79 Å². The van der Waals surface area contributed by atoms with Crippen molar-refractivity contribution in [2.45, 2.75) is 5.38 Å². The number of imidazole rings is 1. The van der Waals surface area contributed by atoms with E-state index >= 15 is 0 Å². The number of hydrogen-bond acceptors (Lipinski definition) is 2. The highest BCUT2D eigenvalue weighted by molar-refractivity contribution is 9.11. The first-order valence-corrected chi connectivity index (χ1v) is 9.03. The van der Waals surface area contributed by atoms with Gasteiger partial charge in [0.25, 0.3) is 0 Å². The minimum Gasteiger partial charge on any atom is -0.295 e. The summed E-state index contributed by atoms with van der Waals surface area (Å²) in [6.45, 7) is 0. The fraction of sp³-hybridized carbons (Fsp3) is 0.214. The van der Waals surface area contributed by atoms with Gasteiger partial charge in [-0.05, 0) is 50.6 Å². The maximum Gasteiger partial charge on any atom is 0.328 e. The Labute approximate surface area is 147 Å². The van der Waals surface area contributed by atoms with Crippen molar-refractivity contribution < 1.29 is 0 Å². The van der Waals surface area contributed by atoms with Crippen LogP contribution in [0.15, 0.2) is 36.6 Å². The molecular formula is C14H11Br2ClN2OS. The van der Waals surface area contributed by atoms with Crippen molar-refractivity contribution in [2.24, 2.45) is 14.1 Å². The molecule has 0 amide bonds. The van der Waals surface area contributed by atoms with Crippen molar-refractivity contribution >= 4 is 65.8 Å². The molecule has 1 atom stereocenters. The Morgan fingerprint density at radius 1 is 1.14 bits per heavy atom. The van der Waals surface area contributed by atoms with E-state index in [0.29, 0.717) is 0 Å². The number of halogens is 3. The predicted molar refractivity (Wildman–Crippen MR) is 95.6 cm³/mol. The smallest absolute Gasteiger partial charge is 0.295 e. The molecule has 0 N–H and O–H groups in total. The fourth-order valence-electron chi connectivity index (χ4n) is 2.37. The van der Waals surface area contributed by atoms with Gasteiger partial charge in [-0.1, -0.05) is 15.9 Å². The van der Waals surface area contributed by atoms with Gasteiger partial charge in [0.1, 0.15) is 0 Å². The van der Waals surface area contributed by atoms with Crippen LogP contribution in [0.25, 0.3) is 11.0 Å². The normalized spacial score (nSPS) is 13.0. The Morgan fingerprint density at radius 3 is 2.33 bits per heavy atom. The molecule has 0 aliphatic heterocycles. The third kappa shape index (κ3) is 2.52. The second-order valence-corrected chi connectivity index (χ2v) is 8.39. The summed E-state index contributed by atoms with van der Waals surface area (Å²) in [4.78, 5) is 12.0. The summed E-state index contributed by atoms with van der Waals surface area (Å²) < 4.78 is 5.22. The number of thiophene rings is 1. The van der Waals surface area contributed by atoms with Crippen LogP contribution >= 0.6 is 54.8 Å². The molecule has 1 aromatic carbocycles. The molecule has 0 fully saturated rings. The summed E-state index contributed by atoms with van der Waals surface area (Å²) in [5.74, 6) is 0. The van der Waals surface area contributed by atoms with Gasteiger partial charge in [-0.15, -0.1) is 22.9 Å². The zero-order chi connectivity index (χ0) is 15.3. The summed E-state index contributed by atoms with van der Waals surface area (Å²) in [5, 5.41) is 1.77. The highest BCUT2D eigenvalue weighted by atomic mass is 79.9. The third-order valence-corrected chi connectivity index (χ3v) is 6.24. The molecule has 0 radical (unpaired) electrons. The van der Waals surface area contributed by atoms with Gasteiger partial charge in [-0.25, -0.2) is 4.79 Å². The van der Waals surface area contributed by atoms with Gasteiger partial charge < -0.3 is 0 Å². The van der Waals surface area contributed by atoms with E-state index < -0.39 is 0 Å². The molecule has 0 saturated carbocycles. The first-order chi connectivity index (χ1) is 9.90. The molecule has 3 nitrogen and oxygen atoms in total. The zero-order valence-electron chi connectivity index (χ0n) is 11.2. The molecule has 0 spiro atoms. The lowest BCUT2D eigenvalue weighted by molar-refractivity contribution is 0.795. The van der Waals surface area contributed by atoms with Crippen molar-refractivity contribution in [3.05, 3.63) is 53.4 Å². The number of benzene rings is 1. The fourth-order valence-corrected chi connectivity index (χ4v) is 4.64. The average Bonchev–Trinajstić information content (AvgIpc) is 2.97. The maximum atomic E-state index is 12.0. The van der Waals surface area contributed by atoms with Crippen LogP contribution in [0.1, 0.15) is 16.5 Å². The molecule has 0 aliphatic rings. The van der Waals surface area contributed by atoms with Crippen molar-refractivity contribution in [3.63, 3.8) is 0 Å². The molecule has 2 aromatic heterocycles. The highest BCUT2D eigenvalue weighted by Crippen LogP contribution is 2.38. The summed E-state index contributed by atoms with van der Waals surface area (Å²) in [7, 11) is 3.54. The molecule has 110 valence electrons. The Hall–Kier alpha value is -0.560. The molecule has 21 heavy (non-hydrogen) atoms. The number of fused-ring (bicyclic) bond motifs is 1. The molecule has 1 unspecified atom stereocenters. The van der Waals surface area contributed by atoms with Gasteiger partial charge in [0.2, 0.25) is 0 Å². The number of hydrogen-bond donors (Lipinski definition) is 0.